The van der Waals surface area contributed by atoms with E-state index in [0.29, 0.717) is 23.4 Å². The first-order valence-corrected chi connectivity index (χ1v) is 10.2. The molecule has 0 aliphatic carbocycles. The van der Waals surface area contributed by atoms with Crippen LogP contribution in [0.15, 0.2) is 85.0 Å². The van der Waals surface area contributed by atoms with E-state index in [-0.39, 0.29) is 6.61 Å². The molecule has 0 aromatic heterocycles. The molecule has 1 aliphatic heterocycles. The number of allylic oxidation sites excluding steroid dienone is 4. The first-order chi connectivity index (χ1) is 15.5. The standard InChI is InChI=1S/C15H13FN2O2.C8H14O.C3H6/c1-2-12(7-8-16)14-10-20-15(19)18(14)13-5-3-11(9-17)4-6-13;1-4-6-8(5-2)7-9-3;1-3-2/h2-7,14H,1,8,10H2;4-6H,7H2,1-3H3;3H,1H2,2H3/b12-7+;6-4-,8-5+;/t14-;;/m1../s1. The molecule has 1 aliphatic rings. The zero-order valence-electron chi connectivity index (χ0n) is 19.4. The minimum absolute atomic E-state index is 0.149. The van der Waals surface area contributed by atoms with Crippen LogP contribution in [0.3, 0.4) is 0 Å². The second-order valence-corrected chi connectivity index (χ2v) is 6.39. The predicted molar refractivity (Wildman–Crippen MR) is 129 cm³/mol. The van der Waals surface area contributed by atoms with Gasteiger partial charge in [-0.2, -0.15) is 5.26 Å². The van der Waals surface area contributed by atoms with E-state index >= 15 is 0 Å². The number of carbonyl (C=O) groups excluding carboxylic acids is 1. The first-order valence-electron chi connectivity index (χ1n) is 10.2. The fourth-order valence-corrected chi connectivity index (χ4v) is 2.70. The minimum atomic E-state index is -0.632. The topological polar surface area (TPSA) is 62.6 Å². The molecule has 0 radical (unpaired) electrons. The Balaban J connectivity index is 0.000000672. The van der Waals surface area contributed by atoms with Crippen molar-refractivity contribution in [2.75, 3.05) is 31.9 Å². The number of carbonyl (C=O) groups is 1. The number of benzene rings is 1. The zero-order valence-corrected chi connectivity index (χ0v) is 19.4. The molecule has 1 fully saturated rings. The lowest BCUT2D eigenvalue weighted by atomic mass is 10.1. The largest absolute Gasteiger partial charge is 0.447 e. The Morgan fingerprint density at radius 3 is 2.38 bits per heavy atom. The van der Waals surface area contributed by atoms with Crippen molar-refractivity contribution in [2.45, 2.75) is 26.8 Å². The molecule has 6 heteroatoms. The summed E-state index contributed by atoms with van der Waals surface area (Å²) in [5.41, 5.74) is 2.92. The van der Waals surface area contributed by atoms with Crippen LogP contribution in [-0.4, -0.2) is 39.1 Å². The highest BCUT2D eigenvalue weighted by atomic mass is 19.1. The quantitative estimate of drug-likeness (QED) is 0.368. The number of rotatable bonds is 7. The fraction of sp³-hybridized carbons (Fsp3) is 0.308. The molecule has 172 valence electrons. The highest BCUT2D eigenvalue weighted by molar-refractivity contribution is 5.91. The number of anilines is 1. The van der Waals surface area contributed by atoms with Crippen LogP contribution in [0.25, 0.3) is 0 Å². The molecule has 0 unspecified atom stereocenters. The van der Waals surface area contributed by atoms with Gasteiger partial charge in [0.15, 0.2) is 0 Å². The van der Waals surface area contributed by atoms with Gasteiger partial charge in [-0.05, 0) is 62.3 Å². The van der Waals surface area contributed by atoms with E-state index in [1.165, 1.54) is 22.6 Å². The van der Waals surface area contributed by atoms with Crippen molar-refractivity contribution < 1.29 is 18.7 Å². The number of alkyl halides is 1. The number of halogens is 1. The second kappa shape index (κ2) is 17.3. The maximum Gasteiger partial charge on any atom is 0.415 e. The Kier molecular flexibility index (Phi) is 15.4. The van der Waals surface area contributed by atoms with Crippen molar-refractivity contribution in [1.29, 1.82) is 5.26 Å². The van der Waals surface area contributed by atoms with E-state index in [4.69, 9.17) is 14.7 Å². The Morgan fingerprint density at radius 1 is 1.31 bits per heavy atom. The van der Waals surface area contributed by atoms with Gasteiger partial charge in [0.05, 0.1) is 24.3 Å². The van der Waals surface area contributed by atoms with Gasteiger partial charge in [0, 0.05) is 12.8 Å². The molecule has 1 amide bonds. The summed E-state index contributed by atoms with van der Waals surface area (Å²) in [4.78, 5) is 13.3. The predicted octanol–water partition coefficient (Wildman–Crippen LogP) is 6.31. The van der Waals surface area contributed by atoms with Crippen LogP contribution in [0, 0.1) is 11.3 Å². The average Bonchev–Trinajstić information content (AvgIpc) is 3.19. The van der Waals surface area contributed by atoms with Crippen molar-refractivity contribution in [3.8, 4) is 6.07 Å². The third kappa shape index (κ3) is 9.59. The summed E-state index contributed by atoms with van der Waals surface area (Å²) >= 11 is 0. The van der Waals surface area contributed by atoms with Crippen LogP contribution in [0.2, 0.25) is 0 Å². The van der Waals surface area contributed by atoms with Crippen LogP contribution in [0.1, 0.15) is 26.3 Å². The number of methoxy groups -OCH3 is 1. The molecule has 5 nitrogen and oxygen atoms in total. The third-order valence-electron chi connectivity index (χ3n) is 4.14. The molecule has 1 saturated heterocycles. The van der Waals surface area contributed by atoms with Crippen molar-refractivity contribution in [1.82, 2.24) is 0 Å². The van der Waals surface area contributed by atoms with E-state index < -0.39 is 18.8 Å². The van der Waals surface area contributed by atoms with Crippen molar-refractivity contribution in [3.05, 3.63) is 90.6 Å². The summed E-state index contributed by atoms with van der Waals surface area (Å²) in [6.07, 6.45) is 10.2. The van der Waals surface area contributed by atoms with Crippen molar-refractivity contribution in [3.63, 3.8) is 0 Å². The molecule has 0 saturated carbocycles. The molecule has 1 aromatic rings. The van der Waals surface area contributed by atoms with Crippen LogP contribution in [0.5, 0.6) is 0 Å². The average molecular weight is 441 g/mol. The zero-order chi connectivity index (χ0) is 24.4. The van der Waals surface area contributed by atoms with Gasteiger partial charge in [0.2, 0.25) is 0 Å². The Bertz CT molecular complexity index is 849. The van der Waals surface area contributed by atoms with E-state index in [9.17, 15) is 9.18 Å². The van der Waals surface area contributed by atoms with Gasteiger partial charge in [-0.1, -0.05) is 37.0 Å². The summed E-state index contributed by atoms with van der Waals surface area (Å²) in [6.45, 7) is 13.1. The summed E-state index contributed by atoms with van der Waals surface area (Å²) in [5, 5.41) is 8.77. The molecule has 32 heavy (non-hydrogen) atoms. The Labute approximate surface area is 191 Å². The van der Waals surface area contributed by atoms with Gasteiger partial charge >= 0.3 is 6.09 Å². The normalized spacial score (nSPS) is 15.7. The van der Waals surface area contributed by atoms with Gasteiger partial charge in [-0.15, -0.1) is 6.58 Å². The molecular formula is C26H33FN2O3. The summed E-state index contributed by atoms with van der Waals surface area (Å²) in [7, 11) is 1.70. The van der Waals surface area contributed by atoms with E-state index in [1.54, 1.807) is 37.5 Å². The lowest BCUT2D eigenvalue weighted by Gasteiger charge is -2.22. The van der Waals surface area contributed by atoms with Crippen LogP contribution in [-0.2, 0) is 9.47 Å². The molecule has 0 spiro atoms. The van der Waals surface area contributed by atoms with Gasteiger partial charge in [-0.25, -0.2) is 9.18 Å². The van der Waals surface area contributed by atoms with Gasteiger partial charge in [0.1, 0.15) is 13.3 Å². The van der Waals surface area contributed by atoms with Gasteiger partial charge in [-0.3, -0.25) is 4.90 Å². The van der Waals surface area contributed by atoms with Crippen molar-refractivity contribution >= 4 is 11.8 Å². The van der Waals surface area contributed by atoms with E-state index in [2.05, 4.69) is 13.2 Å². The number of ether oxygens (including phenoxy) is 2. The number of nitrogens with zero attached hydrogens (tertiary/aromatic N) is 2. The molecule has 1 atom stereocenters. The molecule has 0 N–H and O–H groups in total. The number of hydrogen-bond donors (Lipinski definition) is 0. The Morgan fingerprint density at radius 2 is 1.94 bits per heavy atom. The third-order valence-corrected chi connectivity index (χ3v) is 4.14. The molecule has 1 heterocycles. The molecule has 1 aromatic carbocycles. The summed E-state index contributed by atoms with van der Waals surface area (Å²) < 4.78 is 22.5. The summed E-state index contributed by atoms with van der Waals surface area (Å²) in [6, 6.07) is 8.16. The molecule has 0 bridgehead atoms. The monoisotopic (exact) mass is 440 g/mol. The molecular weight excluding hydrogens is 407 g/mol. The molecule has 2 rings (SSSR count). The second-order valence-electron chi connectivity index (χ2n) is 6.39. The fourth-order valence-electron chi connectivity index (χ4n) is 2.70. The Hall–Kier alpha value is -3.43. The van der Waals surface area contributed by atoms with Gasteiger partial charge < -0.3 is 9.47 Å². The minimum Gasteiger partial charge on any atom is -0.447 e. The SMILES string of the molecule is C/C=C\C(=C/C)COC.C=C/C(=C\CF)[C@H]1COC(=O)N1c1ccc(C#N)cc1.C=CC. The summed E-state index contributed by atoms with van der Waals surface area (Å²) in [5.74, 6) is 0. The number of amides is 1. The maximum atomic E-state index is 12.5. The first kappa shape index (κ1) is 28.6. The number of cyclic esters (lactones) is 1. The number of nitriles is 1. The van der Waals surface area contributed by atoms with Crippen molar-refractivity contribution in [2.24, 2.45) is 0 Å². The lowest BCUT2D eigenvalue weighted by Crippen LogP contribution is -2.34. The lowest BCUT2D eigenvalue weighted by molar-refractivity contribution is 0.179. The van der Waals surface area contributed by atoms with Crippen LogP contribution < -0.4 is 4.90 Å². The van der Waals surface area contributed by atoms with Gasteiger partial charge in [0.25, 0.3) is 0 Å². The van der Waals surface area contributed by atoms with Crippen LogP contribution >= 0.6 is 0 Å². The highest BCUT2D eigenvalue weighted by Crippen LogP contribution is 2.27. The number of hydrogen-bond acceptors (Lipinski definition) is 4. The van der Waals surface area contributed by atoms with E-state index in [1.807, 2.05) is 45.1 Å². The highest BCUT2D eigenvalue weighted by Gasteiger charge is 2.35. The smallest absolute Gasteiger partial charge is 0.415 e. The van der Waals surface area contributed by atoms with E-state index in [0.717, 1.165) is 0 Å². The van der Waals surface area contributed by atoms with Crippen LogP contribution in [0.4, 0.5) is 14.9 Å². The maximum absolute atomic E-state index is 12.5.